The summed E-state index contributed by atoms with van der Waals surface area (Å²) in [4.78, 5) is 17.3. The fraction of sp³-hybridized carbons (Fsp3) is 0.682. The van der Waals surface area contributed by atoms with Gasteiger partial charge in [-0.05, 0) is 55.2 Å². The van der Waals surface area contributed by atoms with Gasteiger partial charge < -0.3 is 20.0 Å². The smallest absolute Gasteiger partial charge is 0.320 e. The maximum atomic E-state index is 13.4. The third kappa shape index (κ3) is 2.65. The second-order valence-electron chi connectivity index (χ2n) is 9.79. The molecule has 0 saturated carbocycles. The number of carbonyl (C=O) groups is 1. The third-order valence-electron chi connectivity index (χ3n) is 7.98. The number of fused-ring (bicyclic) bond motifs is 4. The van der Waals surface area contributed by atoms with Gasteiger partial charge in [0.2, 0.25) is 0 Å². The number of carbonyl (C=O) groups excluding carboxylic acids is 1. The highest BCUT2D eigenvalue weighted by molar-refractivity contribution is 5.76. The molecule has 148 valence electrons. The van der Waals surface area contributed by atoms with E-state index >= 15 is 0 Å². The SMILES string of the molecule is CC1(O)CCN(C(=O)N2CC[C@@]3(C)c4cccc(O)c4C[C@@H]2C3(C)C)CC1. The Bertz CT molecular complexity index is 763. The Morgan fingerprint density at radius 3 is 2.41 bits per heavy atom. The summed E-state index contributed by atoms with van der Waals surface area (Å²) in [6.07, 6.45) is 2.84. The Hall–Kier alpha value is -1.75. The summed E-state index contributed by atoms with van der Waals surface area (Å²) in [5.74, 6) is 0.350. The molecule has 0 radical (unpaired) electrons. The van der Waals surface area contributed by atoms with E-state index in [1.54, 1.807) is 6.07 Å². The van der Waals surface area contributed by atoms with E-state index < -0.39 is 5.60 Å². The van der Waals surface area contributed by atoms with E-state index in [1.165, 1.54) is 5.56 Å². The number of amides is 2. The number of piperidine rings is 2. The molecule has 0 spiro atoms. The first-order chi connectivity index (χ1) is 12.6. The Morgan fingerprint density at radius 1 is 1.07 bits per heavy atom. The Kier molecular flexibility index (Phi) is 4.05. The predicted octanol–water partition coefficient (Wildman–Crippen LogP) is 3.27. The normalized spacial score (nSPS) is 31.4. The molecule has 0 aromatic heterocycles. The molecular weight excluding hydrogens is 340 g/mol. The monoisotopic (exact) mass is 372 g/mol. The van der Waals surface area contributed by atoms with Crippen LogP contribution in [0.25, 0.3) is 0 Å². The van der Waals surface area contributed by atoms with E-state index in [9.17, 15) is 15.0 Å². The molecule has 5 nitrogen and oxygen atoms in total. The van der Waals surface area contributed by atoms with Gasteiger partial charge in [-0.15, -0.1) is 0 Å². The maximum absolute atomic E-state index is 13.4. The van der Waals surface area contributed by atoms with Crippen molar-refractivity contribution in [1.82, 2.24) is 9.80 Å². The van der Waals surface area contributed by atoms with Crippen molar-refractivity contribution in [3.8, 4) is 5.75 Å². The maximum Gasteiger partial charge on any atom is 0.320 e. The van der Waals surface area contributed by atoms with Crippen molar-refractivity contribution in [2.45, 2.75) is 70.4 Å². The molecule has 2 saturated heterocycles. The van der Waals surface area contributed by atoms with Crippen molar-refractivity contribution in [2.75, 3.05) is 19.6 Å². The van der Waals surface area contributed by atoms with Crippen LogP contribution in [0.15, 0.2) is 18.2 Å². The summed E-state index contributed by atoms with van der Waals surface area (Å²) in [5, 5.41) is 20.7. The van der Waals surface area contributed by atoms with Gasteiger partial charge in [-0.3, -0.25) is 0 Å². The van der Waals surface area contributed by atoms with Crippen LogP contribution in [0.5, 0.6) is 5.75 Å². The number of benzene rings is 1. The molecule has 0 unspecified atom stereocenters. The number of hydrogen-bond acceptors (Lipinski definition) is 3. The number of nitrogens with zero attached hydrogens (tertiary/aromatic N) is 2. The standard InChI is InChI=1S/C22H32N2O3/c1-20(2)18-14-15-16(6-5-7-17(15)25)22(20,4)10-13-24(18)19(26)23-11-8-21(3,27)9-12-23/h5-7,18,25,27H,8-14H2,1-4H3/t18-,22+/m1/s1. The minimum Gasteiger partial charge on any atom is -0.508 e. The summed E-state index contributed by atoms with van der Waals surface area (Å²) in [6.45, 7) is 10.6. The number of urea groups is 1. The van der Waals surface area contributed by atoms with Crippen LogP contribution in [0.3, 0.4) is 0 Å². The molecule has 2 aliphatic heterocycles. The molecular formula is C22H32N2O3. The zero-order valence-corrected chi connectivity index (χ0v) is 17.0. The van der Waals surface area contributed by atoms with E-state index in [4.69, 9.17) is 0 Å². The molecule has 1 aromatic rings. The predicted molar refractivity (Wildman–Crippen MR) is 105 cm³/mol. The van der Waals surface area contributed by atoms with Crippen LogP contribution in [-0.4, -0.2) is 57.3 Å². The molecule has 2 heterocycles. The Labute approximate surface area is 162 Å². The first-order valence-corrected chi connectivity index (χ1v) is 10.2. The van der Waals surface area contributed by atoms with E-state index in [0.717, 1.165) is 18.5 Å². The van der Waals surface area contributed by atoms with E-state index in [0.29, 0.717) is 38.1 Å². The average molecular weight is 373 g/mol. The highest BCUT2D eigenvalue weighted by Crippen LogP contribution is 2.57. The molecule has 3 aliphatic rings. The lowest BCUT2D eigenvalue weighted by atomic mass is 9.51. The van der Waals surface area contributed by atoms with Gasteiger partial charge in [-0.25, -0.2) is 4.79 Å². The van der Waals surface area contributed by atoms with Crippen LogP contribution in [0, 0.1) is 5.41 Å². The molecule has 1 aliphatic carbocycles. The second kappa shape index (κ2) is 5.87. The number of rotatable bonds is 0. The van der Waals surface area contributed by atoms with Crippen molar-refractivity contribution in [3.05, 3.63) is 29.3 Å². The first kappa shape index (κ1) is 18.6. The van der Waals surface area contributed by atoms with Gasteiger partial charge >= 0.3 is 6.03 Å². The summed E-state index contributed by atoms with van der Waals surface area (Å²) in [5.41, 5.74) is 1.44. The molecule has 2 atom stereocenters. The highest BCUT2D eigenvalue weighted by Gasteiger charge is 2.57. The highest BCUT2D eigenvalue weighted by atomic mass is 16.3. The minimum absolute atomic E-state index is 0.0620. The lowest BCUT2D eigenvalue weighted by Gasteiger charge is -2.61. The second-order valence-corrected chi connectivity index (χ2v) is 9.79. The van der Waals surface area contributed by atoms with Gasteiger partial charge in [0, 0.05) is 31.1 Å². The van der Waals surface area contributed by atoms with Crippen molar-refractivity contribution >= 4 is 6.03 Å². The molecule has 5 heteroatoms. The molecule has 4 rings (SSSR count). The first-order valence-electron chi connectivity index (χ1n) is 10.2. The zero-order chi connectivity index (χ0) is 19.6. The fourth-order valence-corrected chi connectivity index (χ4v) is 5.52. The van der Waals surface area contributed by atoms with Gasteiger partial charge in [0.15, 0.2) is 0 Å². The third-order valence-corrected chi connectivity index (χ3v) is 7.98. The largest absolute Gasteiger partial charge is 0.508 e. The fourth-order valence-electron chi connectivity index (χ4n) is 5.52. The van der Waals surface area contributed by atoms with E-state index in [-0.39, 0.29) is 22.9 Å². The van der Waals surface area contributed by atoms with Crippen molar-refractivity contribution in [1.29, 1.82) is 0 Å². The van der Waals surface area contributed by atoms with Gasteiger partial charge in [0.1, 0.15) is 5.75 Å². The van der Waals surface area contributed by atoms with Crippen molar-refractivity contribution in [3.63, 3.8) is 0 Å². The lowest BCUT2D eigenvalue weighted by molar-refractivity contribution is -0.0355. The van der Waals surface area contributed by atoms with Crippen LogP contribution in [0.1, 0.15) is 58.1 Å². The number of phenols is 1. The van der Waals surface area contributed by atoms with Crippen LogP contribution < -0.4 is 0 Å². The number of hydrogen-bond donors (Lipinski definition) is 2. The molecule has 2 amide bonds. The van der Waals surface area contributed by atoms with E-state index in [2.05, 4.69) is 26.8 Å². The Morgan fingerprint density at radius 2 is 1.74 bits per heavy atom. The van der Waals surface area contributed by atoms with E-state index in [1.807, 2.05) is 22.8 Å². The number of aromatic hydroxyl groups is 1. The van der Waals surface area contributed by atoms with Gasteiger partial charge in [-0.1, -0.05) is 32.9 Å². The minimum atomic E-state index is -0.661. The van der Waals surface area contributed by atoms with Gasteiger partial charge in [-0.2, -0.15) is 0 Å². The van der Waals surface area contributed by atoms with Crippen LogP contribution >= 0.6 is 0 Å². The number of likely N-dealkylation sites (tertiary alicyclic amines) is 2. The number of aliphatic hydroxyl groups is 1. The number of phenolic OH excluding ortho intramolecular Hbond substituents is 1. The van der Waals surface area contributed by atoms with Gasteiger partial charge in [0.25, 0.3) is 0 Å². The lowest BCUT2D eigenvalue weighted by Crippen LogP contribution is -2.66. The average Bonchev–Trinajstić information content (AvgIpc) is 2.58. The quantitative estimate of drug-likeness (QED) is 0.735. The summed E-state index contributed by atoms with van der Waals surface area (Å²) in [7, 11) is 0. The Balaban J connectivity index is 1.66. The van der Waals surface area contributed by atoms with Gasteiger partial charge in [0.05, 0.1) is 5.60 Å². The molecule has 2 fully saturated rings. The van der Waals surface area contributed by atoms with Crippen LogP contribution in [-0.2, 0) is 11.8 Å². The molecule has 2 bridgehead atoms. The van der Waals surface area contributed by atoms with Crippen LogP contribution in [0.2, 0.25) is 0 Å². The van der Waals surface area contributed by atoms with Crippen molar-refractivity contribution < 1.29 is 15.0 Å². The molecule has 1 aromatic carbocycles. The summed E-state index contributed by atoms with van der Waals surface area (Å²) < 4.78 is 0. The molecule has 27 heavy (non-hydrogen) atoms. The molecule has 2 N–H and O–H groups in total. The topological polar surface area (TPSA) is 64.0 Å². The summed E-state index contributed by atoms with van der Waals surface area (Å²) in [6, 6.07) is 6.00. The zero-order valence-electron chi connectivity index (χ0n) is 17.0. The van der Waals surface area contributed by atoms with Crippen LogP contribution in [0.4, 0.5) is 4.79 Å². The summed E-state index contributed by atoms with van der Waals surface area (Å²) >= 11 is 0. The van der Waals surface area contributed by atoms with Crippen molar-refractivity contribution in [2.24, 2.45) is 5.41 Å².